The average Bonchev–Trinajstić information content (AvgIpc) is 3.08. The third kappa shape index (κ3) is 2.23. The smallest absolute Gasteiger partial charge is 0.161 e. The van der Waals surface area contributed by atoms with Gasteiger partial charge in [-0.2, -0.15) is 5.10 Å². The Morgan fingerprint density at radius 1 is 1.35 bits per heavy atom. The van der Waals surface area contributed by atoms with Crippen molar-refractivity contribution in [1.29, 1.82) is 0 Å². The third-order valence-corrected chi connectivity index (χ3v) is 4.51. The first-order valence-electron chi connectivity index (χ1n) is 7.66. The van der Waals surface area contributed by atoms with Crippen LogP contribution in [0.1, 0.15) is 36.1 Å². The van der Waals surface area contributed by atoms with E-state index >= 15 is 0 Å². The molecule has 1 aromatic carbocycles. The Kier molecular flexibility index (Phi) is 3.38. The van der Waals surface area contributed by atoms with Gasteiger partial charge in [-0.3, -0.25) is 4.79 Å². The van der Waals surface area contributed by atoms with E-state index in [0.717, 1.165) is 40.8 Å². The van der Waals surface area contributed by atoms with Gasteiger partial charge < -0.3 is 0 Å². The maximum absolute atomic E-state index is 12.6. The third-order valence-electron chi connectivity index (χ3n) is 4.28. The first-order chi connectivity index (χ1) is 11.2. The van der Waals surface area contributed by atoms with Crippen LogP contribution in [0.4, 0.5) is 0 Å². The molecule has 0 saturated heterocycles. The number of rotatable bonds is 3. The fourth-order valence-corrected chi connectivity index (χ4v) is 3.46. The quantitative estimate of drug-likeness (QED) is 0.742. The molecule has 0 saturated carbocycles. The van der Waals surface area contributed by atoms with Crippen LogP contribution in [0.5, 0.6) is 0 Å². The van der Waals surface area contributed by atoms with Gasteiger partial charge in [0.2, 0.25) is 0 Å². The summed E-state index contributed by atoms with van der Waals surface area (Å²) in [7, 11) is 0. The van der Waals surface area contributed by atoms with Crippen molar-refractivity contribution >= 4 is 28.4 Å². The number of halogens is 1. The normalized spacial score (nSPS) is 17.0. The predicted molar refractivity (Wildman–Crippen MR) is 87.6 cm³/mol. The second-order valence-corrected chi connectivity index (χ2v) is 6.22. The summed E-state index contributed by atoms with van der Waals surface area (Å²) in [5.41, 5.74) is 3.48. The van der Waals surface area contributed by atoms with Gasteiger partial charge in [0.05, 0.1) is 23.2 Å². The number of hydrogen-bond acceptors (Lipinski definition) is 4. The van der Waals surface area contributed by atoms with Gasteiger partial charge >= 0.3 is 0 Å². The van der Waals surface area contributed by atoms with E-state index < -0.39 is 0 Å². The van der Waals surface area contributed by atoms with Crippen molar-refractivity contribution in [2.24, 2.45) is 0 Å². The highest BCUT2D eigenvalue weighted by molar-refractivity contribution is 6.30. The topological polar surface area (TPSA) is 60.7 Å². The molecule has 5 nitrogen and oxygen atoms in total. The molecule has 0 bridgehead atoms. The molecule has 4 rings (SSSR count). The van der Waals surface area contributed by atoms with Gasteiger partial charge in [-0.05, 0) is 29.7 Å². The highest BCUT2D eigenvalue weighted by atomic mass is 35.5. The van der Waals surface area contributed by atoms with Crippen molar-refractivity contribution < 1.29 is 4.79 Å². The zero-order valence-corrected chi connectivity index (χ0v) is 13.4. The Morgan fingerprint density at radius 2 is 2.22 bits per heavy atom. The molecule has 0 radical (unpaired) electrons. The minimum atomic E-state index is -0.381. The summed E-state index contributed by atoms with van der Waals surface area (Å²) >= 11 is 6.13. The number of nitrogens with zero attached hydrogens (tertiary/aromatic N) is 4. The van der Waals surface area contributed by atoms with Crippen molar-refractivity contribution in [2.75, 3.05) is 0 Å². The van der Waals surface area contributed by atoms with Crippen LogP contribution in [0.25, 0.3) is 11.0 Å². The number of aromatic nitrogens is 4. The second-order valence-electron chi connectivity index (χ2n) is 5.78. The van der Waals surface area contributed by atoms with Crippen molar-refractivity contribution in [3.8, 4) is 0 Å². The fourth-order valence-electron chi connectivity index (χ4n) is 3.28. The molecule has 1 aliphatic rings. The molecule has 0 amide bonds. The van der Waals surface area contributed by atoms with Gasteiger partial charge in [0.25, 0.3) is 0 Å². The van der Waals surface area contributed by atoms with E-state index in [2.05, 4.69) is 22.0 Å². The van der Waals surface area contributed by atoms with E-state index in [1.54, 1.807) is 6.20 Å². The minimum Gasteiger partial charge on any atom is -0.298 e. The Morgan fingerprint density at radius 3 is 3.04 bits per heavy atom. The Balaban J connectivity index is 1.90. The molecule has 0 fully saturated rings. The summed E-state index contributed by atoms with van der Waals surface area (Å²) in [5.74, 6) is -0.237. The van der Waals surface area contributed by atoms with Crippen LogP contribution in [-0.2, 0) is 17.8 Å². The molecular weight excluding hydrogens is 312 g/mol. The summed E-state index contributed by atoms with van der Waals surface area (Å²) in [4.78, 5) is 21.3. The van der Waals surface area contributed by atoms with E-state index in [9.17, 15) is 4.79 Å². The van der Waals surface area contributed by atoms with Crippen LogP contribution in [0.3, 0.4) is 0 Å². The molecule has 3 aromatic rings. The van der Waals surface area contributed by atoms with Gasteiger partial charge in [-0.25, -0.2) is 14.6 Å². The maximum Gasteiger partial charge on any atom is 0.161 e. The second kappa shape index (κ2) is 5.42. The molecule has 23 heavy (non-hydrogen) atoms. The van der Waals surface area contributed by atoms with Gasteiger partial charge in [-0.15, -0.1) is 0 Å². The van der Waals surface area contributed by atoms with Crippen LogP contribution >= 0.6 is 11.6 Å². The molecule has 0 spiro atoms. The van der Waals surface area contributed by atoms with Crippen LogP contribution in [-0.4, -0.2) is 25.5 Å². The fraction of sp³-hybridized carbons (Fsp3) is 0.294. The number of hydrogen-bond donors (Lipinski definition) is 0. The van der Waals surface area contributed by atoms with Crippen LogP contribution in [0, 0.1) is 0 Å². The van der Waals surface area contributed by atoms with E-state index in [4.69, 9.17) is 11.6 Å². The van der Waals surface area contributed by atoms with Crippen LogP contribution in [0.2, 0.25) is 5.02 Å². The van der Waals surface area contributed by atoms with Crippen molar-refractivity contribution in [3.05, 3.63) is 52.6 Å². The first-order valence-corrected chi connectivity index (χ1v) is 8.04. The van der Waals surface area contributed by atoms with Crippen molar-refractivity contribution in [3.63, 3.8) is 0 Å². The molecule has 0 N–H and O–H groups in total. The van der Waals surface area contributed by atoms with E-state index in [-0.39, 0.29) is 11.7 Å². The van der Waals surface area contributed by atoms with Gasteiger partial charge in [0, 0.05) is 18.0 Å². The lowest BCUT2D eigenvalue weighted by Crippen LogP contribution is -2.11. The Hall–Kier alpha value is -2.27. The van der Waals surface area contributed by atoms with E-state index in [0.29, 0.717) is 11.4 Å². The zero-order chi connectivity index (χ0) is 16.0. The molecule has 6 heteroatoms. The highest BCUT2D eigenvalue weighted by Crippen LogP contribution is 2.38. The Labute approximate surface area is 138 Å². The number of benzene rings is 1. The number of fused-ring (bicyclic) bond motifs is 2. The number of Topliss-reactive ketones (excluding diaryl/α,β-unsaturated/α-hetero) is 1. The monoisotopic (exact) mass is 326 g/mol. The van der Waals surface area contributed by atoms with Gasteiger partial charge in [-0.1, -0.05) is 24.6 Å². The average molecular weight is 327 g/mol. The van der Waals surface area contributed by atoms with E-state index in [1.807, 2.05) is 22.9 Å². The summed E-state index contributed by atoms with van der Waals surface area (Å²) in [5, 5.41) is 5.87. The van der Waals surface area contributed by atoms with Crippen LogP contribution < -0.4 is 0 Å². The molecule has 1 aliphatic carbocycles. The molecular formula is C17H15ClN4O. The lowest BCUT2D eigenvalue weighted by Gasteiger charge is -2.11. The first kappa shape index (κ1) is 14.3. The van der Waals surface area contributed by atoms with E-state index in [1.165, 1.54) is 6.33 Å². The number of ketones is 1. The SMILES string of the molecule is CCCn1ncc2c(C3C(=O)Cc4ccc(Cl)cc43)ncnc21. The number of aryl methyl sites for hydroxylation is 1. The highest BCUT2D eigenvalue weighted by Gasteiger charge is 2.34. The molecule has 0 aliphatic heterocycles. The summed E-state index contributed by atoms with van der Waals surface area (Å²) in [6.45, 7) is 2.88. The lowest BCUT2D eigenvalue weighted by molar-refractivity contribution is -0.118. The summed E-state index contributed by atoms with van der Waals surface area (Å²) in [6, 6.07) is 5.62. The predicted octanol–water partition coefficient (Wildman–Crippen LogP) is 3.15. The zero-order valence-electron chi connectivity index (χ0n) is 12.7. The molecule has 2 heterocycles. The molecule has 1 unspecified atom stereocenters. The van der Waals surface area contributed by atoms with Crippen molar-refractivity contribution in [1.82, 2.24) is 19.7 Å². The lowest BCUT2D eigenvalue weighted by atomic mass is 9.95. The molecule has 2 aromatic heterocycles. The standard InChI is InChI=1S/C17H15ClN4O/c1-2-5-22-17-13(8-21-22)16(19-9-20-17)15-12-7-11(18)4-3-10(12)6-14(15)23/h3-4,7-9,15H,2,5-6H2,1H3. The van der Waals surface area contributed by atoms with Crippen molar-refractivity contribution in [2.45, 2.75) is 32.2 Å². The number of carbonyl (C=O) groups excluding carboxylic acids is 1. The maximum atomic E-state index is 12.6. The molecule has 116 valence electrons. The van der Waals surface area contributed by atoms with Gasteiger partial charge in [0.15, 0.2) is 11.4 Å². The summed E-state index contributed by atoms with van der Waals surface area (Å²) in [6.07, 6.45) is 4.67. The summed E-state index contributed by atoms with van der Waals surface area (Å²) < 4.78 is 1.86. The molecule has 1 atom stereocenters. The van der Waals surface area contributed by atoms with Gasteiger partial charge in [0.1, 0.15) is 6.33 Å². The minimum absolute atomic E-state index is 0.144. The van der Waals surface area contributed by atoms with Crippen LogP contribution in [0.15, 0.2) is 30.7 Å². The largest absolute Gasteiger partial charge is 0.298 e. The number of carbonyl (C=O) groups is 1. The Bertz CT molecular complexity index is 918.